The van der Waals surface area contributed by atoms with E-state index in [2.05, 4.69) is 15.9 Å². The summed E-state index contributed by atoms with van der Waals surface area (Å²) in [7, 11) is 0. The minimum absolute atomic E-state index is 0.0837. The Morgan fingerprint density at radius 3 is 2.64 bits per heavy atom. The van der Waals surface area contributed by atoms with Crippen LogP contribution in [0.5, 0.6) is 0 Å². The second-order valence-electron chi connectivity index (χ2n) is 3.08. The predicted molar refractivity (Wildman–Crippen MR) is 59.4 cm³/mol. The maximum Gasteiger partial charge on any atom is 0.307 e. The van der Waals surface area contributed by atoms with E-state index >= 15 is 0 Å². The van der Waals surface area contributed by atoms with Crippen LogP contribution in [0.4, 0.5) is 0 Å². The SMILES string of the molecule is O=C1C[C@H](Sc2ccc(Br)cc2)CO1. The molecule has 0 radical (unpaired) electrons. The molecule has 0 saturated carbocycles. The van der Waals surface area contributed by atoms with Crippen molar-refractivity contribution in [3.63, 3.8) is 0 Å². The number of ether oxygens (including phenoxy) is 1. The number of esters is 1. The maximum absolute atomic E-state index is 10.9. The molecule has 1 aliphatic heterocycles. The lowest BCUT2D eigenvalue weighted by Gasteiger charge is -2.05. The zero-order chi connectivity index (χ0) is 9.97. The summed E-state index contributed by atoms with van der Waals surface area (Å²) >= 11 is 5.08. The van der Waals surface area contributed by atoms with Crippen LogP contribution in [-0.2, 0) is 9.53 Å². The fourth-order valence-electron chi connectivity index (χ4n) is 1.27. The Labute approximate surface area is 95.2 Å². The van der Waals surface area contributed by atoms with Crippen molar-refractivity contribution in [2.75, 3.05) is 6.61 Å². The number of hydrogen-bond donors (Lipinski definition) is 0. The van der Waals surface area contributed by atoms with E-state index in [-0.39, 0.29) is 11.2 Å². The molecule has 1 fully saturated rings. The van der Waals surface area contributed by atoms with Crippen molar-refractivity contribution in [3.8, 4) is 0 Å². The second kappa shape index (κ2) is 4.36. The van der Waals surface area contributed by atoms with Gasteiger partial charge in [-0.15, -0.1) is 11.8 Å². The number of benzene rings is 1. The van der Waals surface area contributed by atoms with Gasteiger partial charge in [0.05, 0.1) is 11.7 Å². The van der Waals surface area contributed by atoms with Gasteiger partial charge in [-0.3, -0.25) is 4.79 Å². The van der Waals surface area contributed by atoms with Gasteiger partial charge in [0.1, 0.15) is 6.61 Å². The molecule has 0 amide bonds. The summed E-state index contributed by atoms with van der Waals surface area (Å²) in [5.41, 5.74) is 0. The lowest BCUT2D eigenvalue weighted by molar-refractivity contribution is -0.137. The third-order valence-corrected chi connectivity index (χ3v) is 3.65. The molecule has 1 atom stereocenters. The van der Waals surface area contributed by atoms with Gasteiger partial charge < -0.3 is 4.74 Å². The third kappa shape index (κ3) is 2.51. The Hall–Kier alpha value is -0.480. The van der Waals surface area contributed by atoms with Gasteiger partial charge in [0.15, 0.2) is 0 Å². The first kappa shape index (κ1) is 10.1. The second-order valence-corrected chi connectivity index (χ2v) is 5.37. The Kier molecular flexibility index (Phi) is 3.13. The fraction of sp³-hybridized carbons (Fsp3) is 0.300. The van der Waals surface area contributed by atoms with E-state index in [1.54, 1.807) is 11.8 Å². The summed E-state index contributed by atoms with van der Waals surface area (Å²) in [6, 6.07) is 8.08. The van der Waals surface area contributed by atoms with E-state index in [4.69, 9.17) is 4.74 Å². The number of cyclic esters (lactones) is 1. The standard InChI is InChI=1S/C10H9BrO2S/c11-7-1-3-8(4-2-7)14-9-5-10(12)13-6-9/h1-4,9H,5-6H2/t9-/m0/s1. The van der Waals surface area contributed by atoms with Gasteiger partial charge in [-0.2, -0.15) is 0 Å². The summed E-state index contributed by atoms with van der Waals surface area (Å²) in [4.78, 5) is 12.0. The lowest BCUT2D eigenvalue weighted by atomic mass is 10.4. The monoisotopic (exact) mass is 272 g/mol. The van der Waals surface area contributed by atoms with E-state index in [1.165, 1.54) is 4.90 Å². The van der Waals surface area contributed by atoms with Gasteiger partial charge in [0.25, 0.3) is 0 Å². The van der Waals surface area contributed by atoms with E-state index in [1.807, 2.05) is 24.3 Å². The van der Waals surface area contributed by atoms with Crippen molar-refractivity contribution >= 4 is 33.7 Å². The topological polar surface area (TPSA) is 26.3 Å². The lowest BCUT2D eigenvalue weighted by Crippen LogP contribution is -1.99. The van der Waals surface area contributed by atoms with Crippen LogP contribution in [0, 0.1) is 0 Å². The van der Waals surface area contributed by atoms with Crippen LogP contribution in [0.3, 0.4) is 0 Å². The van der Waals surface area contributed by atoms with Crippen molar-refractivity contribution in [2.45, 2.75) is 16.6 Å². The molecule has 0 aliphatic carbocycles. The molecule has 1 heterocycles. The molecule has 2 rings (SSSR count). The summed E-state index contributed by atoms with van der Waals surface area (Å²) in [6.45, 7) is 0.541. The van der Waals surface area contributed by atoms with Crippen molar-refractivity contribution in [2.24, 2.45) is 0 Å². The van der Waals surface area contributed by atoms with Crippen LogP contribution in [0.15, 0.2) is 33.6 Å². The van der Waals surface area contributed by atoms with Gasteiger partial charge >= 0.3 is 5.97 Å². The highest BCUT2D eigenvalue weighted by atomic mass is 79.9. The highest BCUT2D eigenvalue weighted by Gasteiger charge is 2.24. The van der Waals surface area contributed by atoms with Crippen LogP contribution in [0.2, 0.25) is 0 Å². The molecule has 14 heavy (non-hydrogen) atoms. The molecule has 2 nitrogen and oxygen atoms in total. The van der Waals surface area contributed by atoms with E-state index in [0.29, 0.717) is 13.0 Å². The largest absolute Gasteiger partial charge is 0.464 e. The van der Waals surface area contributed by atoms with Crippen molar-refractivity contribution in [1.82, 2.24) is 0 Å². The summed E-state index contributed by atoms with van der Waals surface area (Å²) in [5.74, 6) is -0.0837. The number of carbonyl (C=O) groups excluding carboxylic acids is 1. The maximum atomic E-state index is 10.9. The Morgan fingerprint density at radius 2 is 2.07 bits per heavy atom. The minimum Gasteiger partial charge on any atom is -0.464 e. The van der Waals surface area contributed by atoms with Crippen LogP contribution in [-0.4, -0.2) is 17.8 Å². The van der Waals surface area contributed by atoms with Crippen LogP contribution in [0.25, 0.3) is 0 Å². The molecule has 1 saturated heterocycles. The predicted octanol–water partition coefficient (Wildman–Crippen LogP) is 2.86. The van der Waals surface area contributed by atoms with Gasteiger partial charge in [-0.25, -0.2) is 0 Å². The quantitative estimate of drug-likeness (QED) is 0.775. The summed E-state index contributed by atoms with van der Waals surface area (Å²) in [5, 5.41) is 0.281. The Balaban J connectivity index is 1.97. The number of carbonyl (C=O) groups is 1. The Morgan fingerprint density at radius 1 is 1.36 bits per heavy atom. The minimum atomic E-state index is -0.0837. The molecule has 1 aromatic carbocycles. The van der Waals surface area contributed by atoms with Crippen molar-refractivity contribution < 1.29 is 9.53 Å². The van der Waals surface area contributed by atoms with Crippen LogP contribution >= 0.6 is 27.7 Å². The molecule has 0 unspecified atom stereocenters. The van der Waals surface area contributed by atoms with Crippen molar-refractivity contribution in [3.05, 3.63) is 28.7 Å². The smallest absolute Gasteiger partial charge is 0.307 e. The van der Waals surface area contributed by atoms with Crippen molar-refractivity contribution in [1.29, 1.82) is 0 Å². The van der Waals surface area contributed by atoms with E-state index in [0.717, 1.165) is 4.47 Å². The van der Waals surface area contributed by atoms with Crippen LogP contribution < -0.4 is 0 Å². The third-order valence-electron chi connectivity index (χ3n) is 1.94. The molecule has 0 bridgehead atoms. The van der Waals surface area contributed by atoms with E-state index in [9.17, 15) is 4.79 Å². The molecular weight excluding hydrogens is 264 g/mol. The Bertz CT molecular complexity index is 336. The highest BCUT2D eigenvalue weighted by Crippen LogP contribution is 2.29. The van der Waals surface area contributed by atoms with Crippen LogP contribution in [0.1, 0.15) is 6.42 Å². The van der Waals surface area contributed by atoms with Gasteiger partial charge in [-0.05, 0) is 24.3 Å². The number of rotatable bonds is 2. The first-order valence-corrected chi connectivity index (χ1v) is 5.99. The molecule has 1 aliphatic rings. The fourth-order valence-corrected chi connectivity index (χ4v) is 2.57. The van der Waals surface area contributed by atoms with E-state index < -0.39 is 0 Å². The van der Waals surface area contributed by atoms with Gasteiger partial charge in [-0.1, -0.05) is 15.9 Å². The average molecular weight is 273 g/mol. The number of hydrogen-bond acceptors (Lipinski definition) is 3. The highest BCUT2D eigenvalue weighted by molar-refractivity contribution is 9.10. The molecule has 0 N–H and O–H groups in total. The summed E-state index contributed by atoms with van der Waals surface area (Å²) < 4.78 is 5.96. The molecule has 0 aromatic heterocycles. The molecule has 0 spiro atoms. The van der Waals surface area contributed by atoms with Gasteiger partial charge in [0, 0.05) is 9.37 Å². The molecule has 74 valence electrons. The first-order chi connectivity index (χ1) is 6.74. The molecule has 1 aromatic rings. The number of thioether (sulfide) groups is 1. The normalized spacial score (nSPS) is 20.9. The first-order valence-electron chi connectivity index (χ1n) is 4.32. The zero-order valence-electron chi connectivity index (χ0n) is 7.40. The zero-order valence-corrected chi connectivity index (χ0v) is 9.81. The summed E-state index contributed by atoms with van der Waals surface area (Å²) in [6.07, 6.45) is 0.529. The van der Waals surface area contributed by atoms with Gasteiger partial charge in [0.2, 0.25) is 0 Å². The number of halogens is 1. The molecule has 4 heteroatoms. The molecular formula is C10H9BrO2S. The average Bonchev–Trinajstić information content (AvgIpc) is 2.56.